The van der Waals surface area contributed by atoms with Gasteiger partial charge in [-0.1, -0.05) is 0 Å². The molecule has 3 heterocycles. The van der Waals surface area contributed by atoms with E-state index in [2.05, 4.69) is 30.4 Å². The van der Waals surface area contributed by atoms with Crippen molar-refractivity contribution in [3.8, 4) is 5.95 Å². The van der Waals surface area contributed by atoms with Gasteiger partial charge < -0.3 is 5.32 Å². The molecule has 0 unspecified atom stereocenters. The Kier molecular flexibility index (Phi) is 2.85. The zero-order valence-electron chi connectivity index (χ0n) is 10.2. The van der Waals surface area contributed by atoms with Crippen LogP contribution in [0.5, 0.6) is 0 Å². The average molecular weight is 253 g/mol. The van der Waals surface area contributed by atoms with Crippen molar-refractivity contribution in [2.24, 2.45) is 0 Å². The third-order valence-corrected chi connectivity index (χ3v) is 2.39. The molecule has 7 nitrogen and oxygen atoms in total. The zero-order chi connectivity index (χ0) is 13.1. The lowest BCUT2D eigenvalue weighted by atomic mass is 10.4. The highest BCUT2D eigenvalue weighted by Gasteiger charge is 2.04. The lowest BCUT2D eigenvalue weighted by Crippen LogP contribution is -2.00. The van der Waals surface area contributed by atoms with Gasteiger partial charge in [-0.2, -0.15) is 5.10 Å². The molecular formula is C12H11N7. The zero-order valence-corrected chi connectivity index (χ0v) is 10.2. The molecule has 0 aliphatic heterocycles. The van der Waals surface area contributed by atoms with E-state index < -0.39 is 0 Å². The van der Waals surface area contributed by atoms with Crippen LogP contribution < -0.4 is 5.32 Å². The predicted molar refractivity (Wildman–Crippen MR) is 69.2 cm³/mol. The largest absolute Gasteiger partial charge is 0.321 e. The molecule has 0 spiro atoms. The number of anilines is 2. The highest BCUT2D eigenvalue weighted by molar-refractivity contribution is 5.50. The molecule has 0 aromatic carbocycles. The van der Waals surface area contributed by atoms with E-state index in [4.69, 9.17) is 0 Å². The third kappa shape index (κ3) is 2.54. The van der Waals surface area contributed by atoms with Gasteiger partial charge in [0.25, 0.3) is 0 Å². The summed E-state index contributed by atoms with van der Waals surface area (Å²) in [5, 5.41) is 7.25. The molecule has 0 radical (unpaired) electrons. The number of rotatable bonds is 3. The van der Waals surface area contributed by atoms with E-state index in [-0.39, 0.29) is 0 Å². The minimum atomic E-state index is 0.515. The van der Waals surface area contributed by atoms with E-state index >= 15 is 0 Å². The summed E-state index contributed by atoms with van der Waals surface area (Å²) in [5.41, 5.74) is 1.68. The monoisotopic (exact) mass is 253 g/mol. The molecule has 0 atom stereocenters. The number of hydrogen-bond acceptors (Lipinski definition) is 6. The maximum Gasteiger partial charge on any atom is 0.250 e. The van der Waals surface area contributed by atoms with Gasteiger partial charge in [-0.25, -0.2) is 24.6 Å². The molecule has 0 saturated carbocycles. The van der Waals surface area contributed by atoms with Crippen molar-refractivity contribution in [2.45, 2.75) is 6.92 Å². The van der Waals surface area contributed by atoms with Gasteiger partial charge in [-0.05, 0) is 19.1 Å². The minimum absolute atomic E-state index is 0.515. The summed E-state index contributed by atoms with van der Waals surface area (Å²) in [6.45, 7) is 1.91. The van der Waals surface area contributed by atoms with Gasteiger partial charge in [-0.3, -0.25) is 0 Å². The normalized spacial score (nSPS) is 10.4. The minimum Gasteiger partial charge on any atom is -0.321 e. The smallest absolute Gasteiger partial charge is 0.250 e. The number of nitrogens with zero attached hydrogens (tertiary/aromatic N) is 6. The van der Waals surface area contributed by atoms with Crippen LogP contribution >= 0.6 is 0 Å². The summed E-state index contributed by atoms with van der Waals surface area (Å²) in [4.78, 5) is 16.6. The van der Waals surface area contributed by atoms with Crippen molar-refractivity contribution >= 4 is 11.6 Å². The Hall–Kier alpha value is -2.83. The van der Waals surface area contributed by atoms with E-state index in [0.29, 0.717) is 11.9 Å². The highest BCUT2D eigenvalue weighted by atomic mass is 15.3. The molecule has 0 aliphatic carbocycles. The number of nitrogens with one attached hydrogen (secondary N) is 1. The molecule has 0 aliphatic rings. The quantitative estimate of drug-likeness (QED) is 0.761. The Morgan fingerprint density at radius 2 is 1.95 bits per heavy atom. The summed E-state index contributed by atoms with van der Waals surface area (Å²) in [6, 6.07) is 3.60. The molecular weight excluding hydrogens is 242 g/mol. The second-order valence-electron chi connectivity index (χ2n) is 3.87. The van der Waals surface area contributed by atoms with E-state index in [1.165, 1.54) is 0 Å². The number of aryl methyl sites for hydroxylation is 1. The summed E-state index contributed by atoms with van der Waals surface area (Å²) in [7, 11) is 0. The van der Waals surface area contributed by atoms with Crippen molar-refractivity contribution in [1.29, 1.82) is 0 Å². The number of aromatic nitrogens is 6. The fourth-order valence-corrected chi connectivity index (χ4v) is 1.54. The first-order chi connectivity index (χ1) is 9.31. The van der Waals surface area contributed by atoms with E-state index in [1.807, 2.05) is 13.0 Å². The Morgan fingerprint density at radius 1 is 1.11 bits per heavy atom. The molecule has 0 saturated heterocycles. The van der Waals surface area contributed by atoms with Crippen LogP contribution in [0, 0.1) is 6.92 Å². The van der Waals surface area contributed by atoms with Gasteiger partial charge in [0.15, 0.2) is 0 Å². The second kappa shape index (κ2) is 4.81. The van der Waals surface area contributed by atoms with Gasteiger partial charge in [0.1, 0.15) is 0 Å². The first-order valence-corrected chi connectivity index (χ1v) is 5.70. The molecule has 7 heteroatoms. The van der Waals surface area contributed by atoms with Crippen LogP contribution in [0.3, 0.4) is 0 Å². The summed E-state index contributed by atoms with van der Waals surface area (Å²) in [6.07, 6.45) is 8.49. The second-order valence-corrected chi connectivity index (χ2v) is 3.87. The van der Waals surface area contributed by atoms with Crippen LogP contribution in [0.1, 0.15) is 5.69 Å². The van der Waals surface area contributed by atoms with Crippen LogP contribution in [0.15, 0.2) is 43.1 Å². The molecule has 1 N–H and O–H groups in total. The number of hydrogen-bond donors (Lipinski definition) is 1. The average Bonchev–Trinajstić information content (AvgIpc) is 2.88. The lowest BCUT2D eigenvalue weighted by Gasteiger charge is -2.01. The van der Waals surface area contributed by atoms with Crippen LogP contribution in [-0.4, -0.2) is 29.7 Å². The topological polar surface area (TPSA) is 81.4 Å². The van der Waals surface area contributed by atoms with Gasteiger partial charge in [0.2, 0.25) is 11.9 Å². The molecule has 0 fully saturated rings. The Bertz CT molecular complexity index is 677. The molecule has 94 valence electrons. The van der Waals surface area contributed by atoms with Crippen LogP contribution in [0.25, 0.3) is 5.95 Å². The molecule has 3 rings (SSSR count). The third-order valence-electron chi connectivity index (χ3n) is 2.39. The molecule has 19 heavy (non-hydrogen) atoms. The first kappa shape index (κ1) is 11.3. The van der Waals surface area contributed by atoms with Crippen molar-refractivity contribution in [1.82, 2.24) is 29.7 Å². The Labute approximate surface area is 109 Å². The van der Waals surface area contributed by atoms with Crippen molar-refractivity contribution in [2.75, 3.05) is 5.32 Å². The Balaban J connectivity index is 1.82. The summed E-state index contributed by atoms with van der Waals surface area (Å²) >= 11 is 0. The summed E-state index contributed by atoms with van der Waals surface area (Å²) < 4.78 is 1.58. The van der Waals surface area contributed by atoms with E-state index in [1.54, 1.807) is 41.7 Å². The van der Waals surface area contributed by atoms with Crippen LogP contribution in [0.2, 0.25) is 0 Å². The lowest BCUT2D eigenvalue weighted by molar-refractivity contribution is 0.808. The van der Waals surface area contributed by atoms with Gasteiger partial charge >= 0.3 is 0 Å². The van der Waals surface area contributed by atoms with Gasteiger partial charge in [0, 0.05) is 24.3 Å². The van der Waals surface area contributed by atoms with Crippen molar-refractivity contribution < 1.29 is 0 Å². The predicted octanol–water partition coefficient (Wildman–Crippen LogP) is 1.50. The van der Waals surface area contributed by atoms with Crippen molar-refractivity contribution in [3.63, 3.8) is 0 Å². The fraction of sp³-hybridized carbons (Fsp3) is 0.0833. The summed E-state index contributed by atoms with van der Waals surface area (Å²) in [5.74, 6) is 1.05. The molecule has 3 aromatic rings. The van der Waals surface area contributed by atoms with E-state index in [0.717, 1.165) is 11.4 Å². The fourth-order valence-electron chi connectivity index (χ4n) is 1.54. The molecule has 0 bridgehead atoms. The van der Waals surface area contributed by atoms with Crippen LogP contribution in [-0.2, 0) is 0 Å². The highest BCUT2D eigenvalue weighted by Crippen LogP contribution is 2.12. The molecule has 0 amide bonds. The standard InChI is InChI=1S/C12H11N7/c1-9-3-6-13-11(17-9)18-10-7-16-19(8-10)12-14-4-2-5-15-12/h2-8H,1H3,(H,13,17,18). The van der Waals surface area contributed by atoms with Crippen molar-refractivity contribution in [3.05, 3.63) is 48.8 Å². The van der Waals surface area contributed by atoms with Gasteiger partial charge in [0.05, 0.1) is 18.1 Å². The van der Waals surface area contributed by atoms with E-state index in [9.17, 15) is 0 Å². The maximum absolute atomic E-state index is 4.26. The van der Waals surface area contributed by atoms with Crippen LogP contribution in [0.4, 0.5) is 11.6 Å². The maximum atomic E-state index is 4.26. The first-order valence-electron chi connectivity index (χ1n) is 5.70. The van der Waals surface area contributed by atoms with Gasteiger partial charge in [-0.15, -0.1) is 0 Å². The Morgan fingerprint density at radius 3 is 2.74 bits per heavy atom. The molecule has 3 aromatic heterocycles. The SMILES string of the molecule is Cc1ccnc(Nc2cnn(-c3ncccn3)c2)n1.